The molecule has 0 radical (unpaired) electrons. The molecule has 24 heavy (non-hydrogen) atoms. The summed E-state index contributed by atoms with van der Waals surface area (Å²) in [5.74, 6) is 1.32. The van der Waals surface area contributed by atoms with Gasteiger partial charge in [0, 0.05) is 32.0 Å². The van der Waals surface area contributed by atoms with Crippen molar-refractivity contribution in [1.82, 2.24) is 15.3 Å². The Kier molecular flexibility index (Phi) is 6.54. The first-order valence-electron chi connectivity index (χ1n) is 8.16. The van der Waals surface area contributed by atoms with E-state index >= 15 is 0 Å². The van der Waals surface area contributed by atoms with Crippen LogP contribution in [0.4, 0.5) is 5.95 Å². The van der Waals surface area contributed by atoms with Crippen LogP contribution in [0.3, 0.4) is 0 Å². The van der Waals surface area contributed by atoms with Crippen molar-refractivity contribution in [3.8, 4) is 5.75 Å². The number of aromatic nitrogens is 2. The van der Waals surface area contributed by atoms with Gasteiger partial charge in [0.25, 0.3) is 5.91 Å². The molecule has 1 aromatic carbocycles. The van der Waals surface area contributed by atoms with Crippen molar-refractivity contribution >= 4 is 11.9 Å². The summed E-state index contributed by atoms with van der Waals surface area (Å²) in [5, 5.41) is 2.89. The quantitative estimate of drug-likeness (QED) is 0.805. The smallest absolute Gasteiger partial charge is 0.254 e. The average molecular weight is 328 g/mol. The molecule has 6 nitrogen and oxygen atoms in total. The zero-order chi connectivity index (χ0) is 17.4. The minimum atomic E-state index is -0.158. The molecule has 0 saturated carbocycles. The minimum absolute atomic E-state index is 0.158. The minimum Gasteiger partial charge on any atom is -0.497 e. The third-order valence-corrected chi connectivity index (χ3v) is 3.80. The third-order valence-electron chi connectivity index (χ3n) is 3.80. The first kappa shape index (κ1) is 17.7. The lowest BCUT2D eigenvalue weighted by atomic mass is 10.1. The average Bonchev–Trinajstić information content (AvgIpc) is 2.64. The van der Waals surface area contributed by atoms with E-state index in [0.29, 0.717) is 18.1 Å². The van der Waals surface area contributed by atoms with Crippen LogP contribution >= 0.6 is 0 Å². The number of nitrogens with one attached hydrogen (secondary N) is 1. The number of carbonyl (C=O) groups excluding carboxylic acids is 1. The van der Waals surface area contributed by atoms with E-state index in [1.165, 1.54) is 0 Å². The largest absolute Gasteiger partial charge is 0.497 e. The van der Waals surface area contributed by atoms with Crippen LogP contribution in [-0.4, -0.2) is 42.6 Å². The maximum atomic E-state index is 12.1. The van der Waals surface area contributed by atoms with Gasteiger partial charge in [-0.15, -0.1) is 0 Å². The third kappa shape index (κ3) is 4.68. The fourth-order valence-electron chi connectivity index (χ4n) is 2.32. The van der Waals surface area contributed by atoms with E-state index in [1.807, 2.05) is 43.0 Å². The second-order valence-corrected chi connectivity index (χ2v) is 5.30. The first-order chi connectivity index (χ1) is 11.7. The Morgan fingerprint density at radius 2 is 1.75 bits per heavy atom. The summed E-state index contributed by atoms with van der Waals surface area (Å²) < 4.78 is 5.13. The highest BCUT2D eigenvalue weighted by Gasteiger charge is 2.09. The lowest BCUT2D eigenvalue weighted by Gasteiger charge is -2.17. The number of hydrogen-bond donors (Lipinski definition) is 1. The Hall–Kier alpha value is -2.63. The molecule has 1 heterocycles. The van der Waals surface area contributed by atoms with E-state index < -0.39 is 0 Å². The zero-order valence-electron chi connectivity index (χ0n) is 14.5. The van der Waals surface area contributed by atoms with Crippen molar-refractivity contribution in [1.29, 1.82) is 0 Å². The number of methoxy groups -OCH3 is 1. The normalized spacial score (nSPS) is 10.3. The molecule has 0 aliphatic rings. The van der Waals surface area contributed by atoms with Crippen molar-refractivity contribution in [2.45, 2.75) is 20.3 Å². The van der Waals surface area contributed by atoms with Gasteiger partial charge >= 0.3 is 0 Å². The summed E-state index contributed by atoms with van der Waals surface area (Å²) in [6.45, 7) is 6.33. The molecular weight excluding hydrogens is 304 g/mol. The van der Waals surface area contributed by atoms with Crippen LogP contribution in [0.2, 0.25) is 0 Å². The molecule has 0 saturated heterocycles. The molecule has 128 valence electrons. The van der Waals surface area contributed by atoms with Crippen molar-refractivity contribution in [2.24, 2.45) is 0 Å². The summed E-state index contributed by atoms with van der Waals surface area (Å²) in [6, 6.07) is 7.81. The zero-order valence-corrected chi connectivity index (χ0v) is 14.5. The second kappa shape index (κ2) is 8.86. The summed E-state index contributed by atoms with van der Waals surface area (Å²) in [5.41, 5.74) is 1.62. The number of ether oxygens (including phenoxy) is 1. The molecule has 2 rings (SSSR count). The number of benzene rings is 1. The standard InChI is InChI=1S/C18H24N4O2/c1-4-22(5-2)18-20-12-15(13-21-18)17(23)19-11-10-14-6-8-16(24-3)9-7-14/h6-9,12-13H,4-5,10-11H2,1-3H3,(H,19,23). The number of nitrogens with zero attached hydrogens (tertiary/aromatic N) is 3. The molecule has 1 amide bonds. The summed E-state index contributed by atoms with van der Waals surface area (Å²) >= 11 is 0. The molecule has 0 aliphatic heterocycles. The van der Waals surface area contributed by atoms with Gasteiger partial charge in [-0.1, -0.05) is 12.1 Å². The molecule has 0 atom stereocenters. The lowest BCUT2D eigenvalue weighted by molar-refractivity contribution is 0.0953. The number of amides is 1. The molecule has 0 unspecified atom stereocenters. The van der Waals surface area contributed by atoms with Crippen LogP contribution in [0.1, 0.15) is 29.8 Å². The van der Waals surface area contributed by atoms with Crippen LogP contribution in [0.5, 0.6) is 5.75 Å². The Morgan fingerprint density at radius 3 is 2.29 bits per heavy atom. The van der Waals surface area contributed by atoms with Gasteiger partial charge in [-0.25, -0.2) is 9.97 Å². The van der Waals surface area contributed by atoms with Gasteiger partial charge in [-0.3, -0.25) is 4.79 Å². The number of carbonyl (C=O) groups is 1. The van der Waals surface area contributed by atoms with Crippen LogP contribution in [0.25, 0.3) is 0 Å². The van der Waals surface area contributed by atoms with Crippen molar-refractivity contribution in [3.63, 3.8) is 0 Å². The van der Waals surface area contributed by atoms with Crippen LogP contribution < -0.4 is 15.0 Å². The van der Waals surface area contributed by atoms with E-state index in [-0.39, 0.29) is 5.91 Å². The first-order valence-corrected chi connectivity index (χ1v) is 8.16. The molecule has 2 aromatic rings. The maximum Gasteiger partial charge on any atom is 0.254 e. The summed E-state index contributed by atoms with van der Waals surface area (Å²) in [6.07, 6.45) is 3.90. The van der Waals surface area contributed by atoms with Gasteiger partial charge in [0.2, 0.25) is 5.95 Å². The molecule has 1 N–H and O–H groups in total. The Labute approximate surface area is 142 Å². The van der Waals surface area contributed by atoms with Crippen LogP contribution in [-0.2, 0) is 6.42 Å². The molecule has 0 aliphatic carbocycles. The monoisotopic (exact) mass is 328 g/mol. The summed E-state index contributed by atoms with van der Waals surface area (Å²) in [7, 11) is 1.64. The number of hydrogen-bond acceptors (Lipinski definition) is 5. The molecular formula is C18H24N4O2. The van der Waals surface area contributed by atoms with Gasteiger partial charge in [0.15, 0.2) is 0 Å². The predicted octanol–water partition coefficient (Wildman–Crippen LogP) is 2.30. The van der Waals surface area contributed by atoms with E-state index in [2.05, 4.69) is 15.3 Å². The van der Waals surface area contributed by atoms with E-state index in [9.17, 15) is 4.79 Å². The molecule has 1 aromatic heterocycles. The Morgan fingerprint density at radius 1 is 1.12 bits per heavy atom. The van der Waals surface area contributed by atoms with E-state index in [1.54, 1.807) is 19.5 Å². The second-order valence-electron chi connectivity index (χ2n) is 5.30. The topological polar surface area (TPSA) is 67.4 Å². The lowest BCUT2D eigenvalue weighted by Crippen LogP contribution is -2.27. The van der Waals surface area contributed by atoms with Gasteiger partial charge in [-0.05, 0) is 38.0 Å². The van der Waals surface area contributed by atoms with Gasteiger partial charge in [0.05, 0.1) is 12.7 Å². The highest BCUT2D eigenvalue weighted by molar-refractivity contribution is 5.93. The highest BCUT2D eigenvalue weighted by Crippen LogP contribution is 2.11. The van der Waals surface area contributed by atoms with Crippen molar-refractivity contribution < 1.29 is 9.53 Å². The highest BCUT2D eigenvalue weighted by atomic mass is 16.5. The molecule has 0 bridgehead atoms. The SMILES string of the molecule is CCN(CC)c1ncc(C(=O)NCCc2ccc(OC)cc2)cn1. The number of rotatable bonds is 8. The van der Waals surface area contributed by atoms with E-state index in [4.69, 9.17) is 4.74 Å². The van der Waals surface area contributed by atoms with Crippen molar-refractivity contribution in [3.05, 3.63) is 47.8 Å². The van der Waals surface area contributed by atoms with Gasteiger partial charge in [0.1, 0.15) is 5.75 Å². The fraction of sp³-hybridized carbons (Fsp3) is 0.389. The number of anilines is 1. The fourth-order valence-corrected chi connectivity index (χ4v) is 2.32. The van der Waals surface area contributed by atoms with E-state index in [0.717, 1.165) is 30.8 Å². The van der Waals surface area contributed by atoms with Gasteiger partial charge < -0.3 is 15.0 Å². The van der Waals surface area contributed by atoms with Crippen molar-refractivity contribution in [2.75, 3.05) is 31.6 Å². The Bertz CT molecular complexity index is 637. The Balaban J connectivity index is 1.85. The van der Waals surface area contributed by atoms with Gasteiger partial charge in [-0.2, -0.15) is 0 Å². The van der Waals surface area contributed by atoms with Crippen LogP contribution in [0, 0.1) is 0 Å². The van der Waals surface area contributed by atoms with Crippen LogP contribution in [0.15, 0.2) is 36.7 Å². The molecule has 0 spiro atoms. The molecule has 0 fully saturated rings. The summed E-state index contributed by atoms with van der Waals surface area (Å²) in [4.78, 5) is 22.7. The maximum absolute atomic E-state index is 12.1. The molecule has 6 heteroatoms. The predicted molar refractivity (Wildman–Crippen MR) is 94.6 cm³/mol.